The topological polar surface area (TPSA) is 79.5 Å². The predicted octanol–water partition coefficient (Wildman–Crippen LogP) is 1.90. The molecule has 0 unspecified atom stereocenters. The Labute approximate surface area is 107 Å². The lowest BCUT2D eigenvalue weighted by molar-refractivity contribution is -0.136. The van der Waals surface area contributed by atoms with Gasteiger partial charge in [-0.05, 0) is 17.5 Å². The number of furan rings is 1. The lowest BCUT2D eigenvalue weighted by atomic mass is 10.2. The Morgan fingerprint density at radius 2 is 2.22 bits per heavy atom. The van der Waals surface area contributed by atoms with Crippen molar-refractivity contribution in [1.29, 1.82) is 0 Å². The quantitative estimate of drug-likeness (QED) is 0.865. The van der Waals surface area contributed by atoms with Crippen molar-refractivity contribution in [3.05, 3.63) is 46.0 Å². The SMILES string of the molecule is O=C(O)Cc1occc1C(=O)NCc1cccs1. The summed E-state index contributed by atoms with van der Waals surface area (Å²) in [6, 6.07) is 5.29. The highest BCUT2D eigenvalue weighted by Crippen LogP contribution is 2.12. The number of rotatable bonds is 5. The molecule has 0 aliphatic heterocycles. The highest BCUT2D eigenvalue weighted by atomic mass is 32.1. The van der Waals surface area contributed by atoms with Crippen LogP contribution in [0.2, 0.25) is 0 Å². The normalized spacial score (nSPS) is 10.2. The van der Waals surface area contributed by atoms with Crippen LogP contribution in [0, 0.1) is 0 Å². The van der Waals surface area contributed by atoms with Crippen molar-refractivity contribution in [2.75, 3.05) is 0 Å². The molecule has 0 aromatic carbocycles. The van der Waals surface area contributed by atoms with Crippen LogP contribution in [0.25, 0.3) is 0 Å². The smallest absolute Gasteiger partial charge is 0.311 e. The largest absolute Gasteiger partial charge is 0.481 e. The molecule has 1 amide bonds. The van der Waals surface area contributed by atoms with Crippen LogP contribution in [0.4, 0.5) is 0 Å². The van der Waals surface area contributed by atoms with E-state index >= 15 is 0 Å². The van der Waals surface area contributed by atoms with E-state index in [4.69, 9.17) is 9.52 Å². The number of carbonyl (C=O) groups is 2. The van der Waals surface area contributed by atoms with Crippen molar-refractivity contribution >= 4 is 23.2 Å². The molecule has 0 atom stereocenters. The minimum Gasteiger partial charge on any atom is -0.481 e. The van der Waals surface area contributed by atoms with E-state index in [1.807, 2.05) is 17.5 Å². The third-order valence-corrected chi connectivity index (χ3v) is 3.18. The standard InChI is InChI=1S/C12H11NO4S/c14-11(15)6-10-9(3-4-17-10)12(16)13-7-8-2-1-5-18-8/h1-5H,6-7H2,(H,13,16)(H,14,15). The third kappa shape index (κ3) is 2.98. The molecule has 2 aromatic heterocycles. The number of amides is 1. The molecule has 2 heterocycles. The van der Waals surface area contributed by atoms with E-state index < -0.39 is 5.97 Å². The Morgan fingerprint density at radius 1 is 1.39 bits per heavy atom. The fourth-order valence-corrected chi connectivity index (χ4v) is 2.14. The first-order valence-corrected chi connectivity index (χ1v) is 6.13. The lowest BCUT2D eigenvalue weighted by Gasteiger charge is -2.03. The first kappa shape index (κ1) is 12.4. The molecule has 0 spiro atoms. The summed E-state index contributed by atoms with van der Waals surface area (Å²) < 4.78 is 4.99. The second-order valence-electron chi connectivity index (χ2n) is 3.59. The summed E-state index contributed by atoms with van der Waals surface area (Å²) >= 11 is 1.54. The van der Waals surface area contributed by atoms with Crippen molar-refractivity contribution < 1.29 is 19.1 Å². The zero-order chi connectivity index (χ0) is 13.0. The summed E-state index contributed by atoms with van der Waals surface area (Å²) in [7, 11) is 0. The maximum Gasteiger partial charge on any atom is 0.311 e. The molecular weight excluding hydrogens is 254 g/mol. The number of hydrogen-bond acceptors (Lipinski definition) is 4. The summed E-state index contributed by atoms with van der Waals surface area (Å²) in [5, 5.41) is 13.3. The molecule has 0 bridgehead atoms. The molecule has 2 aromatic rings. The van der Waals surface area contributed by atoms with E-state index in [1.165, 1.54) is 12.3 Å². The number of carbonyl (C=O) groups excluding carboxylic acids is 1. The Morgan fingerprint density at radius 3 is 2.89 bits per heavy atom. The van der Waals surface area contributed by atoms with Gasteiger partial charge < -0.3 is 14.8 Å². The van der Waals surface area contributed by atoms with Gasteiger partial charge in [0.2, 0.25) is 0 Å². The number of hydrogen-bond donors (Lipinski definition) is 2. The van der Waals surface area contributed by atoms with Gasteiger partial charge in [-0.3, -0.25) is 9.59 Å². The fourth-order valence-electron chi connectivity index (χ4n) is 1.49. The van der Waals surface area contributed by atoms with Crippen LogP contribution in [-0.2, 0) is 17.8 Å². The molecule has 2 rings (SSSR count). The molecular formula is C12H11NO4S. The Hall–Kier alpha value is -2.08. The van der Waals surface area contributed by atoms with Crippen molar-refractivity contribution in [2.45, 2.75) is 13.0 Å². The molecule has 6 heteroatoms. The van der Waals surface area contributed by atoms with Crippen molar-refractivity contribution in [1.82, 2.24) is 5.32 Å². The maximum absolute atomic E-state index is 11.8. The summed E-state index contributed by atoms with van der Waals surface area (Å²) in [6.07, 6.45) is 1.02. The third-order valence-electron chi connectivity index (χ3n) is 2.31. The van der Waals surface area contributed by atoms with Gasteiger partial charge >= 0.3 is 5.97 Å². The van der Waals surface area contributed by atoms with Crippen molar-refractivity contribution in [3.63, 3.8) is 0 Å². The van der Waals surface area contributed by atoms with E-state index in [0.717, 1.165) is 4.88 Å². The van der Waals surface area contributed by atoms with Gasteiger partial charge in [-0.2, -0.15) is 0 Å². The zero-order valence-corrected chi connectivity index (χ0v) is 10.2. The molecule has 0 aliphatic rings. The average molecular weight is 265 g/mol. The van der Waals surface area contributed by atoms with Crippen LogP contribution in [0.1, 0.15) is 21.0 Å². The number of carboxylic acid groups (broad SMARTS) is 1. The minimum absolute atomic E-state index is 0.172. The zero-order valence-electron chi connectivity index (χ0n) is 9.38. The van der Waals surface area contributed by atoms with Crippen molar-refractivity contribution in [3.8, 4) is 0 Å². The van der Waals surface area contributed by atoms with E-state index in [2.05, 4.69) is 5.32 Å². The van der Waals surface area contributed by atoms with Gasteiger partial charge in [0, 0.05) is 4.88 Å². The molecule has 0 fully saturated rings. The second-order valence-corrected chi connectivity index (χ2v) is 4.62. The first-order chi connectivity index (χ1) is 8.66. The molecule has 94 valence electrons. The monoisotopic (exact) mass is 265 g/mol. The van der Waals surface area contributed by atoms with Crippen LogP contribution >= 0.6 is 11.3 Å². The van der Waals surface area contributed by atoms with Gasteiger partial charge in [0.1, 0.15) is 12.2 Å². The number of thiophene rings is 1. The van der Waals surface area contributed by atoms with Crippen LogP contribution in [0.5, 0.6) is 0 Å². The van der Waals surface area contributed by atoms with Crippen LogP contribution in [0.3, 0.4) is 0 Å². The molecule has 0 aliphatic carbocycles. The second kappa shape index (κ2) is 5.50. The number of nitrogens with one attached hydrogen (secondary N) is 1. The Balaban J connectivity index is 2.00. The minimum atomic E-state index is -1.03. The molecule has 0 radical (unpaired) electrons. The number of carboxylic acids is 1. The molecule has 2 N–H and O–H groups in total. The summed E-state index contributed by atoms with van der Waals surface area (Å²) in [4.78, 5) is 23.5. The highest BCUT2D eigenvalue weighted by molar-refractivity contribution is 7.09. The van der Waals surface area contributed by atoms with E-state index in [-0.39, 0.29) is 23.7 Å². The van der Waals surface area contributed by atoms with E-state index in [1.54, 1.807) is 11.3 Å². The first-order valence-electron chi connectivity index (χ1n) is 5.25. The molecule has 5 nitrogen and oxygen atoms in total. The molecule has 0 saturated heterocycles. The fraction of sp³-hybridized carbons (Fsp3) is 0.167. The summed E-state index contributed by atoms with van der Waals surface area (Å²) in [6.45, 7) is 0.425. The Kier molecular flexibility index (Phi) is 3.78. The highest BCUT2D eigenvalue weighted by Gasteiger charge is 2.16. The van der Waals surface area contributed by atoms with Crippen LogP contribution in [0.15, 0.2) is 34.3 Å². The van der Waals surface area contributed by atoms with E-state index in [0.29, 0.717) is 6.54 Å². The summed E-state index contributed by atoms with van der Waals surface area (Å²) in [5.41, 5.74) is 0.272. The van der Waals surface area contributed by atoms with Gasteiger partial charge in [-0.15, -0.1) is 11.3 Å². The van der Waals surface area contributed by atoms with E-state index in [9.17, 15) is 9.59 Å². The van der Waals surface area contributed by atoms with Crippen LogP contribution < -0.4 is 5.32 Å². The average Bonchev–Trinajstić information content (AvgIpc) is 2.95. The van der Waals surface area contributed by atoms with Gasteiger partial charge in [-0.25, -0.2) is 0 Å². The Bertz CT molecular complexity index is 544. The van der Waals surface area contributed by atoms with Gasteiger partial charge in [0.15, 0.2) is 0 Å². The molecule has 0 saturated carbocycles. The van der Waals surface area contributed by atoms with Crippen molar-refractivity contribution in [2.24, 2.45) is 0 Å². The predicted molar refractivity (Wildman–Crippen MR) is 65.5 cm³/mol. The van der Waals surface area contributed by atoms with Crippen LogP contribution in [-0.4, -0.2) is 17.0 Å². The summed E-state index contributed by atoms with van der Waals surface area (Å²) in [5.74, 6) is -1.18. The van der Waals surface area contributed by atoms with Gasteiger partial charge in [-0.1, -0.05) is 6.07 Å². The molecule has 18 heavy (non-hydrogen) atoms. The lowest BCUT2D eigenvalue weighted by Crippen LogP contribution is -2.23. The maximum atomic E-state index is 11.8. The van der Waals surface area contributed by atoms with Gasteiger partial charge in [0.25, 0.3) is 5.91 Å². The van der Waals surface area contributed by atoms with Gasteiger partial charge in [0.05, 0.1) is 18.4 Å². The number of aliphatic carboxylic acids is 1.